The molecule has 3 heteroatoms. The molecule has 2 heterocycles. The summed E-state index contributed by atoms with van der Waals surface area (Å²) in [6.45, 7) is 0. The van der Waals surface area contributed by atoms with Crippen molar-refractivity contribution in [3.63, 3.8) is 0 Å². The third-order valence-corrected chi connectivity index (χ3v) is 23.2. The summed E-state index contributed by atoms with van der Waals surface area (Å²) in [5.74, 6) is -0.0173. The highest BCUT2D eigenvalue weighted by Gasteiger charge is 2.50. The van der Waals surface area contributed by atoms with Gasteiger partial charge in [0.2, 0.25) is 0 Å². The first kappa shape index (κ1) is 47.5. The van der Waals surface area contributed by atoms with E-state index in [2.05, 4.69) is 325 Å². The number of nitrogens with zero attached hydrogens (tertiary/aromatic N) is 2. The number of hydrogen-bond donors (Lipinski definition) is 0. The van der Waals surface area contributed by atoms with Crippen LogP contribution in [0.5, 0.6) is 0 Å². The van der Waals surface area contributed by atoms with Crippen LogP contribution in [0.3, 0.4) is 0 Å². The Labute approximate surface area is 484 Å². The molecule has 2 unspecified atom stereocenters. The van der Waals surface area contributed by atoms with Crippen molar-refractivity contribution in [2.75, 3.05) is 0 Å². The lowest BCUT2D eigenvalue weighted by atomic mass is 9.60. The Kier molecular flexibility index (Phi) is 10.8. The fourth-order valence-corrected chi connectivity index (χ4v) is 20.1. The lowest BCUT2D eigenvalue weighted by molar-refractivity contribution is 0.752. The molecule has 2 nitrogen and oxygen atoms in total. The summed E-state index contributed by atoms with van der Waals surface area (Å²) in [6, 6.07) is 119. The summed E-state index contributed by atoms with van der Waals surface area (Å²) in [6.07, 6.45) is 0. The highest BCUT2D eigenvalue weighted by Crippen LogP contribution is 2.57. The molecule has 0 saturated heterocycles. The van der Waals surface area contributed by atoms with Crippen molar-refractivity contribution in [1.29, 1.82) is 0 Å². The van der Waals surface area contributed by atoms with Crippen molar-refractivity contribution in [1.82, 2.24) is 9.13 Å². The zero-order valence-electron chi connectivity index (χ0n) is 45.6. The van der Waals surface area contributed by atoms with E-state index in [-0.39, 0.29) is 11.8 Å². The van der Waals surface area contributed by atoms with Crippen LogP contribution in [0.1, 0.15) is 45.2 Å². The van der Waals surface area contributed by atoms with Gasteiger partial charge in [-0.15, -0.1) is 0 Å². The van der Waals surface area contributed by atoms with E-state index < -0.39 is 8.07 Å². The molecule has 2 bridgehead atoms. The van der Waals surface area contributed by atoms with Crippen LogP contribution in [0.25, 0.3) is 88.4 Å². The van der Waals surface area contributed by atoms with Crippen molar-refractivity contribution >= 4 is 72.4 Å². The van der Waals surface area contributed by atoms with Crippen LogP contribution in [-0.2, 0) is 0 Å². The molecule has 0 saturated carbocycles. The molecule has 15 aromatic rings. The van der Waals surface area contributed by atoms with Crippen LogP contribution >= 0.6 is 0 Å². The quantitative estimate of drug-likeness (QED) is 0.101. The minimum atomic E-state index is -3.25. The molecular formula is C80H54N2Si. The SMILES string of the molecule is c1ccc(-c2cc(-c3ccccc3)cc([Si](c3ccccc3)(c3ccccc3)c3cccc4c3C3c5ccccc5C4c4cccc(-n5c6ccccc6c6cc(-c7ccc8c(c7)c7ccccc7n8-c7ccccc7)ccc65)c43)c2)cc1. The van der Waals surface area contributed by atoms with Gasteiger partial charge in [-0.2, -0.15) is 0 Å². The zero-order chi connectivity index (χ0) is 54.6. The molecule has 18 rings (SSSR count). The van der Waals surface area contributed by atoms with Crippen LogP contribution in [0, 0.1) is 0 Å². The predicted molar refractivity (Wildman–Crippen MR) is 350 cm³/mol. The average molecular weight is 1070 g/mol. The van der Waals surface area contributed by atoms with E-state index in [1.165, 1.54) is 142 Å². The summed E-state index contributed by atoms with van der Waals surface area (Å²) >= 11 is 0. The predicted octanol–water partition coefficient (Wildman–Crippen LogP) is 17.2. The second-order valence-corrected chi connectivity index (χ2v) is 26.4. The van der Waals surface area contributed by atoms with E-state index in [0.717, 1.165) is 0 Å². The molecule has 0 fully saturated rings. The maximum Gasteiger partial charge on any atom is 0.179 e. The molecule has 3 aliphatic rings. The number of aromatic nitrogens is 2. The van der Waals surface area contributed by atoms with Crippen LogP contribution in [0.15, 0.2) is 315 Å². The summed E-state index contributed by atoms with van der Waals surface area (Å²) < 4.78 is 5.00. The van der Waals surface area contributed by atoms with Gasteiger partial charge in [-0.05, 0) is 148 Å². The first-order chi connectivity index (χ1) is 41.2. The van der Waals surface area contributed by atoms with Crippen molar-refractivity contribution < 1.29 is 0 Å². The molecule has 0 amide bonds. The Morgan fingerprint density at radius 2 is 0.675 bits per heavy atom. The third-order valence-electron chi connectivity index (χ3n) is 18.4. The molecule has 388 valence electrons. The molecular weight excluding hydrogens is 1020 g/mol. The fraction of sp³-hybridized carbons (Fsp3) is 0.0250. The van der Waals surface area contributed by atoms with E-state index in [1.807, 2.05) is 0 Å². The lowest BCUT2D eigenvalue weighted by Gasteiger charge is -2.47. The molecule has 0 N–H and O–H groups in total. The lowest BCUT2D eigenvalue weighted by Crippen LogP contribution is -2.75. The Morgan fingerprint density at radius 3 is 1.25 bits per heavy atom. The number of fused-ring (bicyclic) bond motifs is 6. The number of para-hydroxylation sites is 3. The fourth-order valence-electron chi connectivity index (χ4n) is 15.0. The van der Waals surface area contributed by atoms with Gasteiger partial charge >= 0.3 is 0 Å². The second-order valence-electron chi connectivity index (χ2n) is 22.6. The summed E-state index contributed by atoms with van der Waals surface area (Å²) in [5, 5.41) is 10.5. The van der Waals surface area contributed by atoms with Crippen LogP contribution in [-0.4, -0.2) is 17.2 Å². The van der Waals surface area contributed by atoms with Gasteiger partial charge in [0.05, 0.1) is 27.8 Å². The first-order valence-electron chi connectivity index (χ1n) is 29.1. The zero-order valence-corrected chi connectivity index (χ0v) is 46.6. The standard InChI is InChI=1S/C80H54N2Si/c1-6-24-53(25-7-1)57-48-58(54-26-8-2-9-27-54)50-62(49-57)83(60-30-12-4-13-31-60,61-32-14-5-15-33-61)76-43-23-39-68-77-65-36-16-17-37-66(65)80(79(68)76)78-67(77)38-22-42-75(78)82-72-41-21-19-35-64(72)70-52-56(45-47-74(70)82)55-44-46-73-69(51-55)63-34-18-20-40-71(63)81(73)59-28-10-3-11-29-59/h1-52,77,80H. The van der Waals surface area contributed by atoms with E-state index in [9.17, 15) is 0 Å². The molecule has 2 atom stereocenters. The topological polar surface area (TPSA) is 9.86 Å². The summed E-state index contributed by atoms with van der Waals surface area (Å²) in [5.41, 5.74) is 23.0. The van der Waals surface area contributed by atoms with Gasteiger partial charge in [0, 0.05) is 39.1 Å². The number of rotatable bonds is 9. The third kappa shape index (κ3) is 7.15. The van der Waals surface area contributed by atoms with Crippen molar-refractivity contribution in [2.24, 2.45) is 0 Å². The van der Waals surface area contributed by atoms with Crippen molar-refractivity contribution in [3.8, 4) is 44.8 Å². The van der Waals surface area contributed by atoms with Gasteiger partial charge in [-0.3, -0.25) is 0 Å². The summed E-state index contributed by atoms with van der Waals surface area (Å²) in [4.78, 5) is 0. The molecule has 0 spiro atoms. The molecule has 3 aliphatic carbocycles. The number of benzene rings is 13. The Bertz CT molecular complexity index is 4920. The van der Waals surface area contributed by atoms with Crippen LogP contribution < -0.4 is 20.7 Å². The van der Waals surface area contributed by atoms with Gasteiger partial charge in [0.25, 0.3) is 0 Å². The van der Waals surface area contributed by atoms with Crippen LogP contribution in [0.4, 0.5) is 0 Å². The van der Waals surface area contributed by atoms with Gasteiger partial charge in [-0.25, -0.2) is 0 Å². The highest BCUT2D eigenvalue weighted by atomic mass is 28.3. The van der Waals surface area contributed by atoms with E-state index in [1.54, 1.807) is 0 Å². The Hall–Kier alpha value is -10.3. The van der Waals surface area contributed by atoms with Gasteiger partial charge in [0.1, 0.15) is 0 Å². The minimum Gasteiger partial charge on any atom is -0.309 e. The normalized spacial score (nSPS) is 14.3. The molecule has 2 aromatic heterocycles. The first-order valence-corrected chi connectivity index (χ1v) is 31.1. The Morgan fingerprint density at radius 1 is 0.241 bits per heavy atom. The van der Waals surface area contributed by atoms with Gasteiger partial charge < -0.3 is 9.13 Å². The maximum absolute atomic E-state index is 3.25. The van der Waals surface area contributed by atoms with E-state index >= 15 is 0 Å². The number of hydrogen-bond acceptors (Lipinski definition) is 0. The monoisotopic (exact) mass is 1070 g/mol. The average Bonchev–Trinajstić information content (AvgIpc) is 1.98. The molecule has 0 radical (unpaired) electrons. The second kappa shape index (κ2) is 18.9. The largest absolute Gasteiger partial charge is 0.309 e. The van der Waals surface area contributed by atoms with E-state index in [4.69, 9.17) is 0 Å². The van der Waals surface area contributed by atoms with Gasteiger partial charge in [-0.1, -0.05) is 255 Å². The maximum atomic E-state index is 2.60. The van der Waals surface area contributed by atoms with E-state index in [0.29, 0.717) is 0 Å². The van der Waals surface area contributed by atoms with Crippen LogP contribution in [0.2, 0.25) is 0 Å². The molecule has 13 aromatic carbocycles. The summed E-state index contributed by atoms with van der Waals surface area (Å²) in [7, 11) is -3.25. The Balaban J connectivity index is 0.907. The van der Waals surface area contributed by atoms with Crippen molar-refractivity contribution in [2.45, 2.75) is 11.8 Å². The molecule has 0 aliphatic heterocycles. The minimum absolute atomic E-state index is 0.0392. The smallest absolute Gasteiger partial charge is 0.179 e. The molecule has 83 heavy (non-hydrogen) atoms. The van der Waals surface area contributed by atoms with Gasteiger partial charge in [0.15, 0.2) is 8.07 Å². The highest BCUT2D eigenvalue weighted by molar-refractivity contribution is 7.20. The van der Waals surface area contributed by atoms with Crippen molar-refractivity contribution in [3.05, 3.63) is 349 Å².